The fourth-order valence-electron chi connectivity index (χ4n) is 5.00. The van der Waals surface area contributed by atoms with E-state index in [-0.39, 0.29) is 11.4 Å². The highest BCUT2D eigenvalue weighted by Gasteiger charge is 2.47. The second-order valence-electron chi connectivity index (χ2n) is 9.63. The maximum Gasteiger partial charge on any atom is 0.435 e. The number of alkyl halides is 3. The Kier molecular flexibility index (Phi) is 6.95. The summed E-state index contributed by atoms with van der Waals surface area (Å²) in [6.07, 6.45) is -3.69. The van der Waals surface area contributed by atoms with E-state index in [1.54, 1.807) is 60.7 Å². The topological polar surface area (TPSA) is 80.7 Å². The van der Waals surface area contributed by atoms with Crippen LogP contribution in [0.3, 0.4) is 0 Å². The van der Waals surface area contributed by atoms with Crippen molar-refractivity contribution in [1.82, 2.24) is 4.57 Å². The first-order valence-corrected chi connectivity index (χ1v) is 13.1. The summed E-state index contributed by atoms with van der Waals surface area (Å²) < 4.78 is 44.7. The number of para-hydroxylation sites is 1. The maximum atomic E-state index is 14.3. The summed E-state index contributed by atoms with van der Waals surface area (Å²) in [4.78, 5) is 24.4. The Hall–Kier alpha value is -5.77. The van der Waals surface area contributed by atoms with Gasteiger partial charge in [0.2, 0.25) is 0 Å². The first-order valence-electron chi connectivity index (χ1n) is 13.1. The number of hydrazone groups is 1. The Morgan fingerprint density at radius 3 is 1.86 bits per heavy atom. The van der Waals surface area contributed by atoms with E-state index < -0.39 is 28.3 Å². The number of nitro groups is 1. The minimum atomic E-state index is -4.90. The molecule has 0 radical (unpaired) electrons. The number of carbonyl (C=O) groups is 1. The number of carbonyl (C=O) groups excluding carboxylic acids is 1. The molecule has 0 aliphatic carbocycles. The summed E-state index contributed by atoms with van der Waals surface area (Å²) in [5.74, 6) is -0.915. The molecular formula is C33H21F3N4O3. The molecule has 0 saturated carbocycles. The lowest BCUT2D eigenvalue weighted by Gasteiger charge is -2.15. The average Bonchev–Trinajstić information content (AvgIpc) is 3.56. The van der Waals surface area contributed by atoms with Crippen molar-refractivity contribution in [3.8, 4) is 28.2 Å². The van der Waals surface area contributed by atoms with Crippen molar-refractivity contribution in [2.45, 2.75) is 6.18 Å². The second-order valence-corrected chi connectivity index (χ2v) is 9.63. The Morgan fingerprint density at radius 1 is 0.744 bits per heavy atom. The van der Waals surface area contributed by atoms with Gasteiger partial charge in [-0.3, -0.25) is 14.9 Å². The van der Waals surface area contributed by atoms with Crippen LogP contribution in [0.15, 0.2) is 132 Å². The van der Waals surface area contributed by atoms with Gasteiger partial charge in [0, 0.05) is 23.4 Å². The van der Waals surface area contributed by atoms with Crippen molar-refractivity contribution in [1.29, 1.82) is 0 Å². The van der Waals surface area contributed by atoms with E-state index in [9.17, 15) is 28.1 Å². The van der Waals surface area contributed by atoms with E-state index in [0.717, 1.165) is 10.6 Å². The number of nitrogens with zero attached hydrogens (tertiary/aromatic N) is 4. The highest BCUT2D eigenvalue weighted by Crippen LogP contribution is 2.39. The molecule has 1 aliphatic rings. The lowest BCUT2D eigenvalue weighted by molar-refractivity contribution is -0.384. The van der Waals surface area contributed by atoms with Gasteiger partial charge < -0.3 is 4.57 Å². The fraction of sp³-hybridized carbons (Fsp3) is 0.0303. The normalized spacial score (nSPS) is 14.3. The number of amides is 1. The third-order valence-corrected chi connectivity index (χ3v) is 6.91. The number of hydrogen-bond donors (Lipinski definition) is 0. The SMILES string of the molecule is O=C1/C(=C\c2cc(-c3ccccc3)n(-c3ccc([N+](=O)[O-])cc3)c2-c2ccccc2)C(C(F)(F)F)=NN1c1ccccc1. The number of nitro benzene ring substituents is 1. The molecule has 43 heavy (non-hydrogen) atoms. The lowest BCUT2D eigenvalue weighted by Crippen LogP contribution is -2.25. The van der Waals surface area contributed by atoms with Crippen LogP contribution in [-0.4, -0.2) is 27.3 Å². The van der Waals surface area contributed by atoms with Crippen LogP contribution in [0.1, 0.15) is 5.56 Å². The molecule has 5 aromatic rings. The lowest BCUT2D eigenvalue weighted by atomic mass is 10.0. The number of rotatable bonds is 6. The molecule has 6 rings (SSSR count). The van der Waals surface area contributed by atoms with Gasteiger partial charge in [-0.1, -0.05) is 78.9 Å². The zero-order chi connectivity index (χ0) is 30.1. The van der Waals surface area contributed by atoms with Crippen LogP contribution in [0.4, 0.5) is 24.5 Å². The molecule has 1 aromatic heterocycles. The van der Waals surface area contributed by atoms with Crippen LogP contribution in [0.5, 0.6) is 0 Å². The van der Waals surface area contributed by atoms with Crippen LogP contribution >= 0.6 is 0 Å². The second kappa shape index (κ2) is 10.9. The Balaban J connectivity index is 1.63. The first kappa shape index (κ1) is 27.4. The molecule has 1 aliphatic heterocycles. The minimum absolute atomic E-state index is 0.107. The molecule has 10 heteroatoms. The third-order valence-electron chi connectivity index (χ3n) is 6.91. The summed E-state index contributed by atoms with van der Waals surface area (Å²) in [6.45, 7) is 0. The van der Waals surface area contributed by atoms with E-state index in [4.69, 9.17) is 0 Å². The van der Waals surface area contributed by atoms with E-state index >= 15 is 0 Å². The highest BCUT2D eigenvalue weighted by molar-refractivity contribution is 6.34. The van der Waals surface area contributed by atoms with Crippen LogP contribution < -0.4 is 5.01 Å². The van der Waals surface area contributed by atoms with Crippen molar-refractivity contribution in [2.75, 3.05) is 5.01 Å². The number of aromatic nitrogens is 1. The van der Waals surface area contributed by atoms with Crippen LogP contribution in [-0.2, 0) is 4.79 Å². The van der Waals surface area contributed by atoms with Crippen molar-refractivity contribution in [3.63, 3.8) is 0 Å². The number of hydrogen-bond acceptors (Lipinski definition) is 4. The third kappa shape index (κ3) is 5.21. The van der Waals surface area contributed by atoms with Crippen molar-refractivity contribution in [3.05, 3.63) is 143 Å². The van der Waals surface area contributed by atoms with Gasteiger partial charge in [-0.2, -0.15) is 23.3 Å². The van der Waals surface area contributed by atoms with E-state index in [1.165, 1.54) is 30.3 Å². The number of benzene rings is 4. The van der Waals surface area contributed by atoms with Gasteiger partial charge in [-0.15, -0.1) is 0 Å². The summed E-state index contributed by atoms with van der Waals surface area (Å²) in [5, 5.41) is 15.8. The van der Waals surface area contributed by atoms with Gasteiger partial charge in [0.15, 0.2) is 5.71 Å². The van der Waals surface area contributed by atoms with Crippen molar-refractivity contribution in [2.24, 2.45) is 5.10 Å². The smallest absolute Gasteiger partial charge is 0.309 e. The zero-order valence-corrected chi connectivity index (χ0v) is 22.3. The molecule has 0 saturated heterocycles. The quantitative estimate of drug-likeness (QED) is 0.116. The van der Waals surface area contributed by atoms with Crippen LogP contribution in [0.2, 0.25) is 0 Å². The number of halogens is 3. The van der Waals surface area contributed by atoms with Crippen molar-refractivity contribution >= 4 is 29.1 Å². The van der Waals surface area contributed by atoms with E-state index in [0.29, 0.717) is 28.2 Å². The molecule has 2 heterocycles. The summed E-state index contributed by atoms with van der Waals surface area (Å²) in [5.41, 5.74) is 1.57. The predicted octanol–water partition coefficient (Wildman–Crippen LogP) is 8.07. The first-order chi connectivity index (χ1) is 20.7. The van der Waals surface area contributed by atoms with Gasteiger partial charge >= 0.3 is 6.18 Å². The van der Waals surface area contributed by atoms with Gasteiger partial charge in [-0.25, -0.2) is 0 Å². The Labute approximate surface area is 243 Å². The monoisotopic (exact) mass is 578 g/mol. The standard InChI is InChI=1S/C33H21F3N4O3/c34-33(35,36)31-28(32(41)39(37-31)26-14-8-3-9-15-26)20-24-21-29(22-10-4-1-5-11-22)38(30(24)23-12-6-2-7-13-23)25-16-18-27(19-17-25)40(42)43/h1-21H/b28-20-. The van der Waals surface area contributed by atoms with Gasteiger partial charge in [0.25, 0.3) is 11.6 Å². The van der Waals surface area contributed by atoms with Crippen LogP contribution in [0.25, 0.3) is 34.3 Å². The maximum absolute atomic E-state index is 14.3. The largest absolute Gasteiger partial charge is 0.435 e. The van der Waals surface area contributed by atoms with Gasteiger partial charge in [-0.05, 0) is 47.5 Å². The Morgan fingerprint density at radius 2 is 1.30 bits per heavy atom. The Bertz CT molecular complexity index is 1880. The number of non-ortho nitro benzene ring substituents is 1. The van der Waals surface area contributed by atoms with E-state index in [1.807, 2.05) is 41.0 Å². The summed E-state index contributed by atoms with van der Waals surface area (Å²) in [6, 6.07) is 33.7. The fourth-order valence-corrected chi connectivity index (χ4v) is 5.00. The molecule has 0 bridgehead atoms. The highest BCUT2D eigenvalue weighted by atomic mass is 19.4. The summed E-state index contributed by atoms with van der Waals surface area (Å²) >= 11 is 0. The van der Waals surface area contributed by atoms with Gasteiger partial charge in [0.1, 0.15) is 0 Å². The molecule has 0 unspecified atom stereocenters. The van der Waals surface area contributed by atoms with Gasteiger partial charge in [0.05, 0.1) is 27.6 Å². The molecule has 0 fully saturated rings. The molecule has 4 aromatic carbocycles. The molecule has 1 amide bonds. The van der Waals surface area contributed by atoms with Crippen molar-refractivity contribution < 1.29 is 22.9 Å². The predicted molar refractivity (Wildman–Crippen MR) is 159 cm³/mol. The minimum Gasteiger partial charge on any atom is -0.309 e. The summed E-state index contributed by atoms with van der Waals surface area (Å²) in [7, 11) is 0. The molecule has 0 N–H and O–H groups in total. The zero-order valence-electron chi connectivity index (χ0n) is 22.3. The molecule has 0 spiro atoms. The molecular weight excluding hydrogens is 557 g/mol. The van der Waals surface area contributed by atoms with Crippen LogP contribution in [0, 0.1) is 10.1 Å². The molecule has 212 valence electrons. The molecule has 7 nitrogen and oxygen atoms in total. The number of anilines is 1. The van der Waals surface area contributed by atoms with E-state index in [2.05, 4.69) is 5.10 Å². The average molecular weight is 579 g/mol. The molecule has 0 atom stereocenters.